The summed E-state index contributed by atoms with van der Waals surface area (Å²) in [5, 5.41) is 17.5. The highest BCUT2D eigenvalue weighted by Gasteiger charge is 2.33. The van der Waals surface area contributed by atoms with Crippen molar-refractivity contribution in [3.8, 4) is 11.5 Å². The maximum atomic E-state index is 12.8. The second-order valence-electron chi connectivity index (χ2n) is 12.6. The van der Waals surface area contributed by atoms with Crippen LogP contribution in [0.5, 0.6) is 11.5 Å². The fourth-order valence-electron chi connectivity index (χ4n) is 6.26. The van der Waals surface area contributed by atoms with Gasteiger partial charge in [-0.25, -0.2) is 11.0 Å². The molecule has 2 aromatic rings. The van der Waals surface area contributed by atoms with Gasteiger partial charge in [0, 0.05) is 48.6 Å². The molecule has 0 spiro atoms. The summed E-state index contributed by atoms with van der Waals surface area (Å²) in [5.41, 5.74) is 5.53. The molecule has 4 N–H and O–H groups in total. The first kappa shape index (κ1) is 40.9. The maximum Gasteiger partial charge on any atom is 0.274 e. The van der Waals surface area contributed by atoms with Gasteiger partial charge in [-0.05, 0) is 63.8 Å². The zero-order valence-electron chi connectivity index (χ0n) is 28.3. The summed E-state index contributed by atoms with van der Waals surface area (Å²) >= 11 is 0. The summed E-state index contributed by atoms with van der Waals surface area (Å²) in [4.78, 5) is 52.4. The topological polar surface area (TPSA) is 176 Å². The van der Waals surface area contributed by atoms with E-state index in [9.17, 15) is 19.2 Å². The summed E-state index contributed by atoms with van der Waals surface area (Å²) in [5.74, 6) is -0.0516. The quantitative estimate of drug-likeness (QED) is 0.270. The van der Waals surface area contributed by atoms with Crippen molar-refractivity contribution in [2.75, 3.05) is 39.6 Å². The van der Waals surface area contributed by atoms with Crippen molar-refractivity contribution >= 4 is 50.6 Å². The van der Waals surface area contributed by atoms with Gasteiger partial charge >= 0.3 is 0 Å². The Balaban J connectivity index is 0.000000260. The van der Waals surface area contributed by atoms with Crippen molar-refractivity contribution in [1.29, 1.82) is 0 Å². The van der Waals surface area contributed by atoms with Crippen LogP contribution in [0.2, 0.25) is 0 Å². The van der Waals surface area contributed by atoms with Gasteiger partial charge in [0.25, 0.3) is 11.8 Å². The van der Waals surface area contributed by atoms with E-state index in [-0.39, 0.29) is 62.7 Å². The first-order valence-corrected chi connectivity index (χ1v) is 16.4. The molecule has 16 heteroatoms. The number of nitrogens with one attached hydrogen (secondary N) is 2. The third kappa shape index (κ3) is 9.82. The number of ether oxygens (including phenoxy) is 4. The molecule has 2 aromatic carbocycles. The van der Waals surface area contributed by atoms with E-state index < -0.39 is 11.8 Å². The van der Waals surface area contributed by atoms with Crippen molar-refractivity contribution in [3.05, 3.63) is 58.7 Å². The molecule has 2 saturated heterocycles. The van der Waals surface area contributed by atoms with E-state index in [1.54, 1.807) is 47.4 Å². The predicted octanol–water partition coefficient (Wildman–Crippen LogP) is 2.91. The smallest absolute Gasteiger partial charge is 0.274 e. The van der Waals surface area contributed by atoms with Crippen molar-refractivity contribution in [2.45, 2.75) is 64.7 Å². The average molecular weight is 737 g/mol. The third-order valence-electron chi connectivity index (χ3n) is 9.15. The maximum absolute atomic E-state index is 12.8. The van der Waals surface area contributed by atoms with Crippen molar-refractivity contribution in [1.82, 2.24) is 20.8 Å². The molecular weight excluding hydrogens is 689 g/mol. The summed E-state index contributed by atoms with van der Waals surface area (Å²) in [6.45, 7) is 7.90. The Labute approximate surface area is 305 Å². The number of hydrogen-bond acceptors (Lipinski definition) is 10. The van der Waals surface area contributed by atoms with Gasteiger partial charge < -0.3 is 28.7 Å². The van der Waals surface area contributed by atoms with Crippen LogP contribution in [0.1, 0.15) is 71.4 Å². The lowest BCUT2D eigenvalue weighted by Gasteiger charge is -2.31. The van der Waals surface area contributed by atoms with Crippen LogP contribution in [0.3, 0.4) is 0 Å². The molecule has 2 fully saturated rings. The Hall–Kier alpha value is -3.54. The van der Waals surface area contributed by atoms with E-state index in [0.29, 0.717) is 62.1 Å². The Morgan fingerprint density at radius 2 is 1.06 bits per heavy atom. The minimum Gasteiger partial charge on any atom is -0.491 e. The predicted molar refractivity (Wildman–Crippen MR) is 190 cm³/mol. The third-order valence-corrected chi connectivity index (χ3v) is 9.15. The summed E-state index contributed by atoms with van der Waals surface area (Å²) in [7, 11) is 0. The molecule has 4 aliphatic rings. The van der Waals surface area contributed by atoms with Crippen LogP contribution in [0.15, 0.2) is 36.4 Å². The monoisotopic (exact) mass is 736 g/mol. The largest absolute Gasteiger partial charge is 0.491 e. The number of fused-ring (bicyclic) bond motifs is 2. The molecule has 0 aromatic heterocycles. The second kappa shape index (κ2) is 19.2. The highest BCUT2D eigenvalue weighted by atomic mass is 32.1. The fraction of sp³-hybridized carbons (Fsp3) is 0.529. The van der Waals surface area contributed by atoms with E-state index >= 15 is 0 Å². The highest BCUT2D eigenvalue weighted by Crippen LogP contribution is 2.30. The molecule has 0 bridgehead atoms. The molecule has 50 heavy (non-hydrogen) atoms. The van der Waals surface area contributed by atoms with Crippen LogP contribution in [-0.4, -0.2) is 95.6 Å². The molecule has 4 atom stereocenters. The zero-order valence-corrected chi connectivity index (χ0v) is 30.3. The van der Waals surface area contributed by atoms with Crippen molar-refractivity contribution in [2.24, 2.45) is 11.8 Å². The number of carbonyl (C=O) groups excluding carboxylic acids is 4. The van der Waals surface area contributed by atoms with E-state index in [1.807, 2.05) is 23.6 Å². The van der Waals surface area contributed by atoms with Gasteiger partial charge in [0.2, 0.25) is 11.8 Å². The van der Waals surface area contributed by atoms with Crippen LogP contribution >= 0.6 is 27.0 Å². The van der Waals surface area contributed by atoms with Gasteiger partial charge in [0.05, 0.1) is 37.1 Å². The van der Waals surface area contributed by atoms with Crippen LogP contribution < -0.4 is 20.4 Å². The number of nitrogens with zero attached hydrogens (tertiary/aromatic N) is 2. The molecule has 6 rings (SSSR count). The number of hydrogen-bond donors (Lipinski definition) is 4. The van der Waals surface area contributed by atoms with Crippen LogP contribution in [0.4, 0.5) is 0 Å². The number of carbonyl (C=O) groups is 4. The Morgan fingerprint density at radius 1 is 0.660 bits per heavy atom. The molecular formula is C34H48N4O10S2. The normalized spacial score (nSPS) is 22.7. The van der Waals surface area contributed by atoms with Gasteiger partial charge in [0.1, 0.15) is 24.7 Å². The van der Waals surface area contributed by atoms with Crippen LogP contribution in [0.25, 0.3) is 0 Å². The standard InChI is InChI=1S/2C17H22N2O5.2H2S/c2*1-11-9-24-15-7-12(16(20)18-22)4-5-13(15)8-19(11)17(21)14-3-2-6-23-10-14;;/h2*4-5,7,11,14,22H,2-3,6,8-10H2,1H3,(H,18,20);2*1H2/t11-,14+;11-,14-;;/m00../s1. The number of hydroxylamine groups is 2. The van der Waals surface area contributed by atoms with Crippen LogP contribution in [-0.2, 0) is 32.2 Å². The van der Waals surface area contributed by atoms with E-state index in [1.165, 1.54) is 0 Å². The van der Waals surface area contributed by atoms with Crippen molar-refractivity contribution in [3.63, 3.8) is 0 Å². The molecule has 276 valence electrons. The molecule has 0 saturated carbocycles. The van der Waals surface area contributed by atoms with Crippen molar-refractivity contribution < 1.29 is 48.5 Å². The van der Waals surface area contributed by atoms with E-state index in [4.69, 9.17) is 29.4 Å². The second-order valence-corrected chi connectivity index (χ2v) is 12.6. The van der Waals surface area contributed by atoms with Gasteiger partial charge in [-0.2, -0.15) is 27.0 Å². The summed E-state index contributed by atoms with van der Waals surface area (Å²) in [6.07, 6.45) is 3.52. The first-order chi connectivity index (χ1) is 23.2. The molecule has 4 heterocycles. The van der Waals surface area contributed by atoms with Gasteiger partial charge in [-0.3, -0.25) is 29.6 Å². The molecule has 14 nitrogen and oxygen atoms in total. The van der Waals surface area contributed by atoms with E-state index in [2.05, 4.69) is 0 Å². The molecule has 0 unspecified atom stereocenters. The van der Waals surface area contributed by atoms with Gasteiger partial charge in [-0.15, -0.1) is 0 Å². The lowest BCUT2D eigenvalue weighted by Crippen LogP contribution is -2.45. The Kier molecular flexibility index (Phi) is 15.7. The highest BCUT2D eigenvalue weighted by molar-refractivity contribution is 7.59. The summed E-state index contributed by atoms with van der Waals surface area (Å²) < 4.78 is 22.4. The Bertz CT molecular complexity index is 1380. The minimum atomic E-state index is -0.592. The number of amides is 4. The molecule has 4 amide bonds. The lowest BCUT2D eigenvalue weighted by atomic mass is 9.99. The molecule has 0 radical (unpaired) electrons. The minimum absolute atomic E-state index is 0. The zero-order chi connectivity index (χ0) is 34.2. The Morgan fingerprint density at radius 3 is 1.40 bits per heavy atom. The van der Waals surface area contributed by atoms with Gasteiger partial charge in [0.15, 0.2) is 0 Å². The number of benzene rings is 2. The summed E-state index contributed by atoms with van der Waals surface area (Å²) in [6, 6.07) is 9.78. The lowest BCUT2D eigenvalue weighted by molar-refractivity contribution is -0.143. The van der Waals surface area contributed by atoms with E-state index in [0.717, 1.165) is 50.0 Å². The van der Waals surface area contributed by atoms with Crippen LogP contribution in [0, 0.1) is 11.8 Å². The molecule has 0 aliphatic carbocycles. The number of rotatable bonds is 4. The molecule has 4 aliphatic heterocycles. The van der Waals surface area contributed by atoms with Gasteiger partial charge in [-0.1, -0.05) is 12.1 Å². The fourth-order valence-corrected chi connectivity index (χ4v) is 6.26. The first-order valence-electron chi connectivity index (χ1n) is 16.4. The average Bonchev–Trinajstić information content (AvgIpc) is 3.41. The SMILES string of the molecule is C[C@H]1COc2cc(C(=O)NO)ccc2CN1C(=O)[C@@H]1CCCOC1.C[C@H]1COc2cc(C(=O)NO)ccc2CN1C(=O)[C@H]1CCCOC1.S.S.